The van der Waals surface area contributed by atoms with Crippen molar-refractivity contribution in [3.8, 4) is 0 Å². The molecule has 0 atom stereocenters. The molecular weight excluding hydrogens is 258 g/mol. The molecule has 0 bridgehead atoms. The first-order valence-corrected chi connectivity index (χ1v) is 8.33. The first-order valence-electron chi connectivity index (χ1n) is 8.33. The molecule has 2 rings (SSSR count). The minimum absolute atomic E-state index is 0.0932. The minimum atomic E-state index is 0.0932. The Balaban J connectivity index is 2.18. The van der Waals surface area contributed by atoms with Crippen molar-refractivity contribution in [2.75, 3.05) is 25.0 Å². The summed E-state index contributed by atoms with van der Waals surface area (Å²) in [7, 11) is 2.18. The molecule has 0 amide bonds. The molecule has 1 aromatic rings. The average molecular weight is 289 g/mol. The Hall–Kier alpha value is -1.09. The van der Waals surface area contributed by atoms with Crippen LogP contribution in [0.4, 0.5) is 5.82 Å². The molecule has 1 aromatic heterocycles. The van der Waals surface area contributed by atoms with Crippen LogP contribution in [0.3, 0.4) is 0 Å². The molecule has 0 unspecified atom stereocenters. The summed E-state index contributed by atoms with van der Waals surface area (Å²) in [6.45, 7) is 12.1. The first-order chi connectivity index (χ1) is 9.90. The third kappa shape index (κ3) is 4.99. The summed E-state index contributed by atoms with van der Waals surface area (Å²) in [5, 5.41) is 3.50. The second-order valence-corrected chi connectivity index (χ2v) is 7.47. The molecule has 118 valence electrons. The van der Waals surface area contributed by atoms with E-state index in [1.54, 1.807) is 0 Å². The summed E-state index contributed by atoms with van der Waals surface area (Å²) in [6.07, 6.45) is 3.94. The van der Waals surface area contributed by atoms with Gasteiger partial charge in [0, 0.05) is 31.2 Å². The van der Waals surface area contributed by atoms with Gasteiger partial charge < -0.3 is 10.2 Å². The van der Waals surface area contributed by atoms with E-state index in [9.17, 15) is 0 Å². The maximum Gasteiger partial charge on any atom is 0.128 e. The fourth-order valence-electron chi connectivity index (χ4n) is 2.44. The van der Waals surface area contributed by atoms with E-state index >= 15 is 0 Å². The van der Waals surface area contributed by atoms with Gasteiger partial charge in [-0.2, -0.15) is 0 Å². The zero-order chi connectivity index (χ0) is 15.5. The SMILES string of the molecule is CCCNCc1cc(N(C)CC2CC2)nc(C(C)(C)C)c1. The van der Waals surface area contributed by atoms with Crippen molar-refractivity contribution in [1.82, 2.24) is 10.3 Å². The van der Waals surface area contributed by atoms with Crippen LogP contribution < -0.4 is 10.2 Å². The molecule has 1 aliphatic carbocycles. The number of anilines is 1. The molecule has 1 heterocycles. The van der Waals surface area contributed by atoms with Crippen LogP contribution in [0.2, 0.25) is 0 Å². The van der Waals surface area contributed by atoms with Gasteiger partial charge in [-0.1, -0.05) is 27.7 Å². The predicted octanol–water partition coefficient (Wildman–Crippen LogP) is 3.72. The van der Waals surface area contributed by atoms with Crippen LogP contribution >= 0.6 is 0 Å². The van der Waals surface area contributed by atoms with Crippen LogP contribution in [0, 0.1) is 5.92 Å². The van der Waals surface area contributed by atoms with Gasteiger partial charge in [0.05, 0.1) is 0 Å². The topological polar surface area (TPSA) is 28.2 Å². The molecule has 0 spiro atoms. The zero-order valence-electron chi connectivity index (χ0n) is 14.4. The van der Waals surface area contributed by atoms with Gasteiger partial charge in [0.15, 0.2) is 0 Å². The highest BCUT2D eigenvalue weighted by Gasteiger charge is 2.24. The normalized spacial score (nSPS) is 15.3. The van der Waals surface area contributed by atoms with E-state index in [0.29, 0.717) is 0 Å². The monoisotopic (exact) mass is 289 g/mol. The van der Waals surface area contributed by atoms with E-state index in [-0.39, 0.29) is 5.41 Å². The molecule has 0 aromatic carbocycles. The third-order valence-corrected chi connectivity index (χ3v) is 4.02. The Morgan fingerprint density at radius 3 is 2.57 bits per heavy atom. The number of pyridine rings is 1. The summed E-state index contributed by atoms with van der Waals surface area (Å²) in [5.41, 5.74) is 2.63. The maximum absolute atomic E-state index is 4.91. The summed E-state index contributed by atoms with van der Waals surface area (Å²) in [4.78, 5) is 7.24. The Morgan fingerprint density at radius 2 is 2.00 bits per heavy atom. The molecule has 3 nitrogen and oxygen atoms in total. The molecule has 0 saturated heterocycles. The average Bonchev–Trinajstić information content (AvgIpc) is 3.21. The number of hydrogen-bond donors (Lipinski definition) is 1. The van der Waals surface area contributed by atoms with Crippen molar-refractivity contribution in [3.63, 3.8) is 0 Å². The standard InChI is InChI=1S/C18H31N3/c1-6-9-19-12-15-10-16(18(2,3)4)20-17(11-15)21(5)13-14-7-8-14/h10-11,14,19H,6-9,12-13H2,1-5H3. The van der Waals surface area contributed by atoms with Crippen molar-refractivity contribution in [2.45, 2.75) is 58.9 Å². The van der Waals surface area contributed by atoms with Gasteiger partial charge >= 0.3 is 0 Å². The van der Waals surface area contributed by atoms with E-state index in [4.69, 9.17) is 4.98 Å². The minimum Gasteiger partial charge on any atom is -0.359 e. The van der Waals surface area contributed by atoms with Crippen molar-refractivity contribution in [3.05, 3.63) is 23.4 Å². The van der Waals surface area contributed by atoms with Crippen LogP contribution in [-0.2, 0) is 12.0 Å². The highest BCUT2D eigenvalue weighted by Crippen LogP contribution is 2.31. The van der Waals surface area contributed by atoms with Crippen LogP contribution in [0.1, 0.15) is 58.2 Å². The van der Waals surface area contributed by atoms with Crippen LogP contribution in [0.25, 0.3) is 0 Å². The maximum atomic E-state index is 4.91. The van der Waals surface area contributed by atoms with E-state index in [2.05, 4.69) is 57.1 Å². The molecule has 1 aliphatic rings. The number of aromatic nitrogens is 1. The highest BCUT2D eigenvalue weighted by atomic mass is 15.2. The lowest BCUT2D eigenvalue weighted by molar-refractivity contribution is 0.565. The van der Waals surface area contributed by atoms with E-state index in [1.165, 1.54) is 30.5 Å². The van der Waals surface area contributed by atoms with E-state index in [0.717, 1.165) is 31.4 Å². The van der Waals surface area contributed by atoms with Gasteiger partial charge in [-0.25, -0.2) is 4.98 Å². The fraction of sp³-hybridized carbons (Fsp3) is 0.722. The summed E-state index contributed by atoms with van der Waals surface area (Å²) < 4.78 is 0. The predicted molar refractivity (Wildman–Crippen MR) is 90.9 cm³/mol. The van der Waals surface area contributed by atoms with Crippen molar-refractivity contribution < 1.29 is 0 Å². The number of nitrogens with one attached hydrogen (secondary N) is 1. The van der Waals surface area contributed by atoms with E-state index in [1.807, 2.05) is 0 Å². The number of nitrogens with zero attached hydrogens (tertiary/aromatic N) is 2. The summed E-state index contributed by atoms with van der Waals surface area (Å²) in [6, 6.07) is 4.51. The molecule has 3 heteroatoms. The lowest BCUT2D eigenvalue weighted by atomic mass is 9.90. The molecular formula is C18H31N3. The second-order valence-electron chi connectivity index (χ2n) is 7.47. The van der Waals surface area contributed by atoms with Gasteiger partial charge in [0.25, 0.3) is 0 Å². The fourth-order valence-corrected chi connectivity index (χ4v) is 2.44. The highest BCUT2D eigenvalue weighted by molar-refractivity contribution is 5.43. The Morgan fingerprint density at radius 1 is 1.29 bits per heavy atom. The lowest BCUT2D eigenvalue weighted by Crippen LogP contribution is -2.24. The quantitative estimate of drug-likeness (QED) is 0.775. The zero-order valence-corrected chi connectivity index (χ0v) is 14.4. The summed E-state index contributed by atoms with van der Waals surface area (Å²) >= 11 is 0. The van der Waals surface area contributed by atoms with Gasteiger partial charge in [-0.3, -0.25) is 0 Å². The Labute approximate surface area is 130 Å². The Bertz CT molecular complexity index is 458. The molecule has 21 heavy (non-hydrogen) atoms. The molecule has 0 aliphatic heterocycles. The largest absolute Gasteiger partial charge is 0.359 e. The van der Waals surface area contributed by atoms with Gasteiger partial charge in [0.2, 0.25) is 0 Å². The van der Waals surface area contributed by atoms with Crippen LogP contribution in [0.5, 0.6) is 0 Å². The lowest BCUT2D eigenvalue weighted by Gasteiger charge is -2.24. The summed E-state index contributed by atoms with van der Waals surface area (Å²) in [5.74, 6) is 2.01. The van der Waals surface area contributed by atoms with Crippen LogP contribution in [-0.4, -0.2) is 25.1 Å². The number of rotatable bonds is 7. The van der Waals surface area contributed by atoms with Crippen molar-refractivity contribution in [1.29, 1.82) is 0 Å². The second kappa shape index (κ2) is 6.78. The van der Waals surface area contributed by atoms with Crippen LogP contribution in [0.15, 0.2) is 12.1 Å². The molecule has 1 saturated carbocycles. The van der Waals surface area contributed by atoms with Crippen molar-refractivity contribution in [2.24, 2.45) is 5.92 Å². The van der Waals surface area contributed by atoms with Gasteiger partial charge in [0.1, 0.15) is 5.82 Å². The van der Waals surface area contributed by atoms with Gasteiger partial charge in [-0.05, 0) is 49.4 Å². The van der Waals surface area contributed by atoms with Crippen molar-refractivity contribution >= 4 is 5.82 Å². The molecule has 1 N–H and O–H groups in total. The smallest absolute Gasteiger partial charge is 0.128 e. The number of hydrogen-bond acceptors (Lipinski definition) is 3. The molecule has 0 radical (unpaired) electrons. The molecule has 1 fully saturated rings. The van der Waals surface area contributed by atoms with Gasteiger partial charge in [-0.15, -0.1) is 0 Å². The third-order valence-electron chi connectivity index (χ3n) is 4.02. The Kier molecular flexibility index (Phi) is 5.26. The first kappa shape index (κ1) is 16.3. The van der Waals surface area contributed by atoms with E-state index < -0.39 is 0 Å².